The molecule has 9 heteroatoms. The quantitative estimate of drug-likeness (QED) is 0.376. The highest BCUT2D eigenvalue weighted by Gasteiger charge is 2.51. The largest absolute Gasteiger partial charge is 0.494 e. The molecule has 0 spiro atoms. The third kappa shape index (κ3) is 5.80. The third-order valence-electron chi connectivity index (χ3n) is 5.97. The lowest BCUT2D eigenvalue weighted by Gasteiger charge is -2.32. The van der Waals surface area contributed by atoms with Crippen molar-refractivity contribution in [3.63, 3.8) is 0 Å². The molecule has 0 aromatic heterocycles. The van der Waals surface area contributed by atoms with Gasteiger partial charge in [0.1, 0.15) is 11.8 Å². The van der Waals surface area contributed by atoms with Crippen molar-refractivity contribution in [1.29, 1.82) is 0 Å². The predicted molar refractivity (Wildman–Crippen MR) is 124 cm³/mol. The van der Waals surface area contributed by atoms with Gasteiger partial charge in [0.15, 0.2) is 0 Å². The summed E-state index contributed by atoms with van der Waals surface area (Å²) in [4.78, 5) is 35.6. The maximum atomic E-state index is 12.6. The van der Waals surface area contributed by atoms with E-state index in [1.54, 1.807) is 0 Å². The molecular formula is C24H29BN2O6. The maximum Gasteiger partial charge on any atom is 0.494 e. The Morgan fingerprint density at radius 3 is 2.00 bits per heavy atom. The summed E-state index contributed by atoms with van der Waals surface area (Å²) in [7, 11) is -0.481. The molecule has 1 fully saturated rings. The molecule has 0 bridgehead atoms. The van der Waals surface area contributed by atoms with Gasteiger partial charge in [-0.1, -0.05) is 24.3 Å². The lowest BCUT2D eigenvalue weighted by Crippen LogP contribution is -2.45. The van der Waals surface area contributed by atoms with Gasteiger partial charge in [-0.15, -0.1) is 0 Å². The van der Waals surface area contributed by atoms with Crippen LogP contribution in [0.2, 0.25) is 0 Å². The summed E-state index contributed by atoms with van der Waals surface area (Å²) in [6.07, 6.45) is 0.232. The average molecular weight is 452 g/mol. The van der Waals surface area contributed by atoms with Crippen molar-refractivity contribution in [2.45, 2.75) is 58.3 Å². The van der Waals surface area contributed by atoms with Crippen LogP contribution >= 0.6 is 0 Å². The van der Waals surface area contributed by atoms with E-state index in [2.05, 4.69) is 5.32 Å². The summed E-state index contributed by atoms with van der Waals surface area (Å²) >= 11 is 0. The van der Waals surface area contributed by atoms with Crippen LogP contribution < -0.4 is 21.3 Å². The molecule has 0 radical (unpaired) electrons. The SMILES string of the molecule is CC(=O)Oc1ccc(C(=O)N[C@H](Cc2ccc(B3OC(C)(C)C(C)(C)O3)cc2)C(N)=O)cc1. The predicted octanol–water partition coefficient (Wildman–Crippen LogP) is 1.74. The van der Waals surface area contributed by atoms with Crippen LogP contribution in [0.4, 0.5) is 0 Å². The summed E-state index contributed by atoms with van der Waals surface area (Å²) in [6.45, 7) is 9.26. The fourth-order valence-corrected chi connectivity index (χ4v) is 3.33. The van der Waals surface area contributed by atoms with Gasteiger partial charge in [-0.25, -0.2) is 0 Å². The van der Waals surface area contributed by atoms with Gasteiger partial charge in [-0.2, -0.15) is 0 Å². The van der Waals surface area contributed by atoms with E-state index in [-0.39, 0.29) is 6.42 Å². The molecule has 8 nitrogen and oxygen atoms in total. The van der Waals surface area contributed by atoms with Crippen LogP contribution in [0, 0.1) is 0 Å². The molecule has 1 atom stereocenters. The molecule has 33 heavy (non-hydrogen) atoms. The number of hydrogen-bond donors (Lipinski definition) is 2. The van der Waals surface area contributed by atoms with Gasteiger partial charge in [0.25, 0.3) is 5.91 Å². The number of rotatable bonds is 7. The van der Waals surface area contributed by atoms with E-state index in [1.807, 2.05) is 52.0 Å². The lowest BCUT2D eigenvalue weighted by molar-refractivity contribution is -0.131. The first kappa shape index (κ1) is 24.5. The van der Waals surface area contributed by atoms with Crippen LogP contribution in [0.5, 0.6) is 5.75 Å². The number of benzene rings is 2. The van der Waals surface area contributed by atoms with Gasteiger partial charge in [0, 0.05) is 18.9 Å². The van der Waals surface area contributed by atoms with Gasteiger partial charge in [0.05, 0.1) is 11.2 Å². The number of ether oxygens (including phenoxy) is 1. The van der Waals surface area contributed by atoms with Crippen LogP contribution in [0.15, 0.2) is 48.5 Å². The monoisotopic (exact) mass is 452 g/mol. The van der Waals surface area contributed by atoms with Crippen molar-refractivity contribution in [2.24, 2.45) is 5.73 Å². The average Bonchev–Trinajstić information content (AvgIpc) is 2.95. The van der Waals surface area contributed by atoms with E-state index in [9.17, 15) is 14.4 Å². The van der Waals surface area contributed by atoms with Crippen LogP contribution in [0.1, 0.15) is 50.5 Å². The molecule has 1 saturated heterocycles. The van der Waals surface area contributed by atoms with E-state index in [4.69, 9.17) is 19.8 Å². The highest BCUT2D eigenvalue weighted by molar-refractivity contribution is 6.62. The summed E-state index contributed by atoms with van der Waals surface area (Å²) < 4.78 is 17.1. The molecule has 1 aliphatic rings. The van der Waals surface area contributed by atoms with Crippen molar-refractivity contribution >= 4 is 30.4 Å². The Bertz CT molecular complexity index is 1020. The molecule has 0 unspecified atom stereocenters. The third-order valence-corrected chi connectivity index (χ3v) is 5.97. The zero-order valence-electron chi connectivity index (χ0n) is 19.5. The number of hydrogen-bond acceptors (Lipinski definition) is 6. The van der Waals surface area contributed by atoms with Gasteiger partial charge in [-0.05, 0) is 63.0 Å². The molecule has 2 aromatic rings. The van der Waals surface area contributed by atoms with Gasteiger partial charge >= 0.3 is 13.1 Å². The Morgan fingerprint density at radius 2 is 1.52 bits per heavy atom. The lowest BCUT2D eigenvalue weighted by atomic mass is 9.78. The minimum Gasteiger partial charge on any atom is -0.427 e. The van der Waals surface area contributed by atoms with Crippen molar-refractivity contribution in [3.8, 4) is 5.75 Å². The van der Waals surface area contributed by atoms with Gasteiger partial charge in [0.2, 0.25) is 5.91 Å². The molecule has 1 aliphatic heterocycles. The molecule has 174 valence electrons. The molecule has 0 saturated carbocycles. The Kier molecular flexibility index (Phi) is 6.95. The minimum atomic E-state index is -0.895. The first-order valence-corrected chi connectivity index (χ1v) is 10.7. The smallest absolute Gasteiger partial charge is 0.427 e. The second kappa shape index (κ2) is 9.37. The fraction of sp³-hybridized carbons (Fsp3) is 0.375. The molecule has 2 amide bonds. The molecule has 1 heterocycles. The highest BCUT2D eigenvalue weighted by atomic mass is 16.7. The highest BCUT2D eigenvalue weighted by Crippen LogP contribution is 2.36. The number of primary amides is 1. The number of carbonyl (C=O) groups is 3. The standard InChI is InChI=1S/C24H29BN2O6/c1-15(28)31-19-12-8-17(9-13-19)22(30)27-20(21(26)29)14-16-6-10-18(11-7-16)25-32-23(2,3)24(4,5)33-25/h6-13,20H,14H2,1-5H3,(H2,26,29)(H,27,30)/t20-/m1/s1. The first-order chi connectivity index (χ1) is 15.4. The Hall–Kier alpha value is -3.17. The molecule has 0 aliphatic carbocycles. The Morgan fingerprint density at radius 1 is 0.970 bits per heavy atom. The molecular weight excluding hydrogens is 423 g/mol. The number of esters is 1. The van der Waals surface area contributed by atoms with Crippen LogP contribution in [-0.2, 0) is 25.3 Å². The van der Waals surface area contributed by atoms with Crippen LogP contribution in [-0.4, -0.2) is 42.1 Å². The summed E-state index contributed by atoms with van der Waals surface area (Å²) in [5.41, 5.74) is 6.66. The summed E-state index contributed by atoms with van der Waals surface area (Å²) in [5.74, 6) is -1.23. The van der Waals surface area contributed by atoms with Crippen molar-refractivity contribution in [1.82, 2.24) is 5.32 Å². The van der Waals surface area contributed by atoms with Crippen molar-refractivity contribution < 1.29 is 28.4 Å². The van der Waals surface area contributed by atoms with Crippen LogP contribution in [0.3, 0.4) is 0 Å². The molecule has 3 N–H and O–H groups in total. The van der Waals surface area contributed by atoms with E-state index >= 15 is 0 Å². The second-order valence-corrected chi connectivity index (χ2v) is 9.08. The van der Waals surface area contributed by atoms with Gasteiger partial charge < -0.3 is 25.1 Å². The molecule has 2 aromatic carbocycles. The first-order valence-electron chi connectivity index (χ1n) is 10.7. The number of amides is 2. The minimum absolute atomic E-state index is 0.232. The number of nitrogens with one attached hydrogen (secondary N) is 1. The van der Waals surface area contributed by atoms with E-state index < -0.39 is 42.1 Å². The Balaban J connectivity index is 1.65. The van der Waals surface area contributed by atoms with Gasteiger partial charge in [-0.3, -0.25) is 14.4 Å². The number of carbonyl (C=O) groups excluding carboxylic acids is 3. The Labute approximate surface area is 193 Å². The maximum absolute atomic E-state index is 12.6. The van der Waals surface area contributed by atoms with E-state index in [1.165, 1.54) is 31.2 Å². The second-order valence-electron chi connectivity index (χ2n) is 9.08. The van der Waals surface area contributed by atoms with Crippen molar-refractivity contribution in [2.75, 3.05) is 0 Å². The van der Waals surface area contributed by atoms with E-state index in [0.717, 1.165) is 11.0 Å². The number of nitrogens with two attached hydrogens (primary N) is 1. The molecule has 3 rings (SSSR count). The topological polar surface area (TPSA) is 117 Å². The van der Waals surface area contributed by atoms with Crippen LogP contribution in [0.25, 0.3) is 0 Å². The van der Waals surface area contributed by atoms with E-state index in [0.29, 0.717) is 11.3 Å². The normalized spacial score (nSPS) is 17.3. The van der Waals surface area contributed by atoms with Crippen molar-refractivity contribution in [3.05, 3.63) is 59.7 Å². The zero-order chi connectivity index (χ0) is 24.4. The summed E-state index contributed by atoms with van der Waals surface area (Å²) in [5, 5.41) is 2.66. The summed E-state index contributed by atoms with van der Waals surface area (Å²) in [6, 6.07) is 12.6. The zero-order valence-corrected chi connectivity index (χ0v) is 19.5. The fourth-order valence-electron chi connectivity index (χ4n) is 3.33.